The van der Waals surface area contributed by atoms with Gasteiger partial charge in [-0.25, -0.2) is 4.57 Å². The maximum atomic E-state index is 13.0. The van der Waals surface area contributed by atoms with E-state index in [1.165, 1.54) is 244 Å². The number of hydrogen-bond acceptors (Lipinski definition) is 5. The third-order valence-electron chi connectivity index (χ3n) is 14.5. The van der Waals surface area contributed by atoms with Crippen LogP contribution in [0.3, 0.4) is 0 Å². The van der Waals surface area contributed by atoms with Crippen LogP contribution in [-0.4, -0.2) is 73.4 Å². The first kappa shape index (κ1) is 72.5. The van der Waals surface area contributed by atoms with Gasteiger partial charge in [0.05, 0.1) is 39.9 Å². The van der Waals surface area contributed by atoms with Crippen LogP contribution in [0.25, 0.3) is 0 Å². The van der Waals surface area contributed by atoms with Crippen molar-refractivity contribution in [3.63, 3.8) is 0 Å². The molecule has 74 heavy (non-hydrogen) atoms. The summed E-state index contributed by atoms with van der Waals surface area (Å²) in [7, 11) is 1.57. The fourth-order valence-corrected chi connectivity index (χ4v) is 10.2. The Kier molecular flexibility index (Phi) is 55.0. The van der Waals surface area contributed by atoms with Gasteiger partial charge in [0, 0.05) is 6.42 Å². The Hall–Kier alpha value is -1.54. The van der Waals surface area contributed by atoms with Crippen molar-refractivity contribution in [1.82, 2.24) is 5.32 Å². The van der Waals surface area contributed by atoms with E-state index in [1.54, 1.807) is 6.08 Å². The van der Waals surface area contributed by atoms with E-state index in [0.717, 1.165) is 44.9 Å². The zero-order chi connectivity index (χ0) is 54.2. The highest BCUT2D eigenvalue weighted by molar-refractivity contribution is 7.47. The number of nitrogens with one attached hydrogen (secondary N) is 1. The van der Waals surface area contributed by atoms with Crippen LogP contribution in [0.15, 0.2) is 48.6 Å². The SMILES string of the molecule is CCCCCCC/C=C\C/C=C\CCCCCCCCCCCCCCCCCCCCCCCC(=O)NC(COP(=O)(O)OCC[N+](C)(C)C)C(O)/C=C/CC/C=C/CCCCCCCCCCCCCCC. The Morgan fingerprint density at radius 3 is 1.16 bits per heavy atom. The van der Waals surface area contributed by atoms with Crippen molar-refractivity contribution >= 4 is 13.7 Å². The fourth-order valence-electron chi connectivity index (χ4n) is 9.50. The Morgan fingerprint density at radius 2 is 0.784 bits per heavy atom. The number of carbonyl (C=O) groups excluding carboxylic acids is 1. The minimum Gasteiger partial charge on any atom is -0.387 e. The van der Waals surface area contributed by atoms with Crippen molar-refractivity contribution in [2.75, 3.05) is 40.9 Å². The Bertz CT molecular complexity index is 1340. The number of likely N-dealkylation sites (N-methyl/N-ethyl adjacent to an activating group) is 1. The lowest BCUT2D eigenvalue weighted by Crippen LogP contribution is -2.45. The van der Waals surface area contributed by atoms with Gasteiger partial charge in [-0.3, -0.25) is 13.8 Å². The zero-order valence-corrected chi connectivity index (χ0v) is 50.7. The van der Waals surface area contributed by atoms with E-state index in [0.29, 0.717) is 17.4 Å². The summed E-state index contributed by atoms with van der Waals surface area (Å²) < 4.78 is 23.7. The lowest BCUT2D eigenvalue weighted by molar-refractivity contribution is -0.870. The molecule has 436 valence electrons. The maximum absolute atomic E-state index is 13.0. The number of amides is 1. The molecule has 0 aliphatic carbocycles. The molecule has 0 aliphatic heterocycles. The van der Waals surface area contributed by atoms with Gasteiger partial charge in [-0.1, -0.05) is 287 Å². The fraction of sp³-hybridized carbons (Fsp3) is 0.862. The third kappa shape index (κ3) is 58.1. The lowest BCUT2D eigenvalue weighted by Gasteiger charge is -2.25. The van der Waals surface area contributed by atoms with E-state index in [1.807, 2.05) is 27.2 Å². The molecule has 0 aromatic carbocycles. The van der Waals surface area contributed by atoms with Crippen LogP contribution in [0.5, 0.6) is 0 Å². The number of aliphatic hydroxyl groups is 1. The molecule has 0 aromatic heterocycles. The van der Waals surface area contributed by atoms with Gasteiger partial charge in [0.15, 0.2) is 0 Å². The molecule has 0 rings (SSSR count). The van der Waals surface area contributed by atoms with E-state index in [4.69, 9.17) is 9.05 Å². The second-order valence-corrected chi connectivity index (χ2v) is 24.6. The van der Waals surface area contributed by atoms with Crippen LogP contribution >= 0.6 is 7.82 Å². The first-order chi connectivity index (χ1) is 36.0. The minimum atomic E-state index is -4.36. The molecule has 0 radical (unpaired) electrons. The normalized spacial score (nSPS) is 14.1. The van der Waals surface area contributed by atoms with Crippen molar-refractivity contribution in [3.8, 4) is 0 Å². The number of rotatable bonds is 59. The van der Waals surface area contributed by atoms with E-state index < -0.39 is 20.0 Å². The standard InChI is InChI=1S/C65H125N2O6P/c1-6-8-10-12-14-16-18-20-22-24-26-27-28-29-30-31-32-33-34-35-36-37-38-39-41-43-45-47-49-51-53-55-57-59-65(69)66-63(62-73-74(70,71)72-61-60-67(3,4)5)64(68)58-56-54-52-50-48-46-44-42-40-25-23-21-19-17-15-13-11-9-7-2/h18,20,24,26,48,50,56,58,63-64,68H,6-17,19,21-23,25,27-47,49,51-55,57,59-62H2,1-5H3,(H-,66,69,70,71)/p+1/b20-18-,26-24-,50-48+,58-56+. The largest absolute Gasteiger partial charge is 0.472 e. The summed E-state index contributed by atoms with van der Waals surface area (Å²) in [6.45, 7) is 4.82. The Morgan fingerprint density at radius 1 is 0.459 bits per heavy atom. The van der Waals surface area contributed by atoms with Crippen molar-refractivity contribution < 1.29 is 32.9 Å². The van der Waals surface area contributed by atoms with Crippen molar-refractivity contribution in [1.29, 1.82) is 0 Å². The number of carbonyl (C=O) groups is 1. The molecule has 1 amide bonds. The van der Waals surface area contributed by atoms with E-state index in [9.17, 15) is 19.4 Å². The van der Waals surface area contributed by atoms with E-state index in [2.05, 4.69) is 55.6 Å². The van der Waals surface area contributed by atoms with Gasteiger partial charge in [0.25, 0.3) is 0 Å². The molecule has 0 aromatic rings. The van der Waals surface area contributed by atoms with E-state index in [-0.39, 0.29) is 19.1 Å². The average Bonchev–Trinajstić information content (AvgIpc) is 3.36. The number of aliphatic hydroxyl groups excluding tert-OH is 1. The minimum absolute atomic E-state index is 0.0571. The molecule has 0 aliphatic rings. The average molecular weight is 1060 g/mol. The van der Waals surface area contributed by atoms with Crippen molar-refractivity contribution in [2.24, 2.45) is 0 Å². The van der Waals surface area contributed by atoms with Gasteiger partial charge < -0.3 is 19.8 Å². The highest BCUT2D eigenvalue weighted by Crippen LogP contribution is 2.43. The summed E-state index contributed by atoms with van der Waals surface area (Å²) in [5.74, 6) is -0.182. The Labute approximate surface area is 460 Å². The summed E-state index contributed by atoms with van der Waals surface area (Å²) in [4.78, 5) is 23.3. The number of nitrogens with zero attached hydrogens (tertiary/aromatic N) is 1. The van der Waals surface area contributed by atoms with Crippen LogP contribution in [0.4, 0.5) is 0 Å². The summed E-state index contributed by atoms with van der Waals surface area (Å²) in [5, 5.41) is 13.9. The summed E-state index contributed by atoms with van der Waals surface area (Å²) in [6.07, 6.45) is 75.3. The summed E-state index contributed by atoms with van der Waals surface area (Å²) >= 11 is 0. The van der Waals surface area contributed by atoms with Gasteiger partial charge in [-0.2, -0.15) is 0 Å². The molecule has 0 fully saturated rings. The van der Waals surface area contributed by atoms with Crippen molar-refractivity contribution in [3.05, 3.63) is 48.6 Å². The molecule has 0 heterocycles. The molecular formula is C65H126N2O6P+. The van der Waals surface area contributed by atoms with Crippen molar-refractivity contribution in [2.45, 2.75) is 321 Å². The predicted molar refractivity (Wildman–Crippen MR) is 323 cm³/mol. The van der Waals surface area contributed by atoms with Gasteiger partial charge >= 0.3 is 7.82 Å². The molecule has 0 saturated carbocycles. The van der Waals surface area contributed by atoms with Gasteiger partial charge in [0.1, 0.15) is 13.2 Å². The summed E-state index contributed by atoms with van der Waals surface area (Å²) in [6, 6.07) is -0.863. The summed E-state index contributed by atoms with van der Waals surface area (Å²) in [5.41, 5.74) is 0. The molecule has 0 saturated heterocycles. The van der Waals surface area contributed by atoms with E-state index >= 15 is 0 Å². The highest BCUT2D eigenvalue weighted by atomic mass is 31.2. The molecular weight excluding hydrogens is 936 g/mol. The number of phosphoric acid groups is 1. The monoisotopic (exact) mass is 1060 g/mol. The second kappa shape index (κ2) is 56.2. The number of phosphoric ester groups is 1. The van der Waals surface area contributed by atoms with Crippen LogP contribution in [0.2, 0.25) is 0 Å². The van der Waals surface area contributed by atoms with Gasteiger partial charge in [-0.05, 0) is 64.2 Å². The topological polar surface area (TPSA) is 105 Å². The second-order valence-electron chi connectivity index (χ2n) is 23.1. The van der Waals surface area contributed by atoms with Crippen LogP contribution in [0, 0.1) is 0 Å². The lowest BCUT2D eigenvalue weighted by atomic mass is 10.0. The predicted octanol–water partition coefficient (Wildman–Crippen LogP) is 19.9. The third-order valence-corrected chi connectivity index (χ3v) is 15.5. The number of hydrogen-bond donors (Lipinski definition) is 3. The number of unbranched alkanes of at least 4 members (excludes halogenated alkanes) is 40. The molecule has 0 spiro atoms. The quantitative estimate of drug-likeness (QED) is 0.0243. The van der Waals surface area contributed by atoms with Crippen LogP contribution < -0.4 is 5.32 Å². The smallest absolute Gasteiger partial charge is 0.387 e. The molecule has 9 heteroatoms. The van der Waals surface area contributed by atoms with Crippen LogP contribution in [0.1, 0.15) is 309 Å². The molecule has 3 N–H and O–H groups in total. The molecule has 8 nitrogen and oxygen atoms in total. The number of allylic oxidation sites excluding steroid dienone is 7. The first-order valence-electron chi connectivity index (χ1n) is 32.0. The van der Waals surface area contributed by atoms with Crippen LogP contribution in [-0.2, 0) is 18.4 Å². The highest BCUT2D eigenvalue weighted by Gasteiger charge is 2.27. The molecule has 3 atom stereocenters. The zero-order valence-electron chi connectivity index (χ0n) is 49.8. The maximum Gasteiger partial charge on any atom is 0.472 e. The van der Waals surface area contributed by atoms with Gasteiger partial charge in [0.2, 0.25) is 5.91 Å². The number of quaternary nitrogens is 1. The van der Waals surface area contributed by atoms with Gasteiger partial charge in [-0.15, -0.1) is 0 Å². The molecule has 3 unspecified atom stereocenters. The molecule has 0 bridgehead atoms. The first-order valence-corrected chi connectivity index (χ1v) is 33.5. The Balaban J connectivity index is 4.06.